The summed E-state index contributed by atoms with van der Waals surface area (Å²) in [4.78, 5) is 20.3. The van der Waals surface area contributed by atoms with Crippen molar-refractivity contribution in [1.82, 2.24) is 29.7 Å². The van der Waals surface area contributed by atoms with E-state index in [1.807, 2.05) is 49.8 Å². The summed E-state index contributed by atoms with van der Waals surface area (Å²) in [5.41, 5.74) is 1.96. The monoisotopic (exact) mass is 432 g/mol. The molecule has 1 N–H and O–H groups in total. The number of hydrogen-bond donors (Lipinski definition) is 1. The summed E-state index contributed by atoms with van der Waals surface area (Å²) in [5.74, 6) is 2.10. The Labute approximate surface area is 185 Å². The Bertz CT molecular complexity index is 1210. The molecule has 164 valence electrons. The molecule has 4 heterocycles. The molecule has 0 radical (unpaired) electrons. The highest BCUT2D eigenvalue weighted by atomic mass is 16.5. The maximum absolute atomic E-state index is 5.97. The SMILES string of the molecule is Cn1cc(CCOc2cc(N3CCOCC3)nc(Nc3ncc4ccccc4n3)n2)cn1. The Hall–Kier alpha value is -3.79. The summed E-state index contributed by atoms with van der Waals surface area (Å²) < 4.78 is 13.2. The van der Waals surface area contributed by atoms with Gasteiger partial charge in [-0.25, -0.2) is 9.97 Å². The van der Waals surface area contributed by atoms with Crippen LogP contribution in [0.4, 0.5) is 17.7 Å². The zero-order valence-corrected chi connectivity index (χ0v) is 17.8. The van der Waals surface area contributed by atoms with Gasteiger partial charge in [0.1, 0.15) is 5.82 Å². The quantitative estimate of drug-likeness (QED) is 0.471. The highest BCUT2D eigenvalue weighted by Gasteiger charge is 2.16. The first-order chi connectivity index (χ1) is 15.7. The molecule has 1 saturated heterocycles. The molecule has 1 fully saturated rings. The molecule has 4 aromatic rings. The van der Waals surface area contributed by atoms with Crippen molar-refractivity contribution in [3.63, 3.8) is 0 Å². The van der Waals surface area contributed by atoms with Crippen LogP contribution in [0.3, 0.4) is 0 Å². The Morgan fingerprint density at radius 3 is 2.78 bits per heavy atom. The minimum absolute atomic E-state index is 0.389. The maximum Gasteiger partial charge on any atom is 0.234 e. The van der Waals surface area contributed by atoms with Crippen molar-refractivity contribution in [3.8, 4) is 5.88 Å². The summed E-state index contributed by atoms with van der Waals surface area (Å²) in [5, 5.41) is 8.30. The van der Waals surface area contributed by atoms with E-state index in [-0.39, 0.29) is 0 Å². The van der Waals surface area contributed by atoms with Gasteiger partial charge in [0, 0.05) is 50.4 Å². The van der Waals surface area contributed by atoms with Crippen molar-refractivity contribution in [3.05, 3.63) is 54.5 Å². The van der Waals surface area contributed by atoms with Gasteiger partial charge in [-0.15, -0.1) is 0 Å². The molecule has 10 nitrogen and oxygen atoms in total. The number of aryl methyl sites for hydroxylation is 1. The predicted molar refractivity (Wildman–Crippen MR) is 120 cm³/mol. The first-order valence-electron chi connectivity index (χ1n) is 10.5. The molecule has 0 aliphatic carbocycles. The number of benzene rings is 1. The molecule has 0 saturated carbocycles. The fourth-order valence-electron chi connectivity index (χ4n) is 3.50. The number of rotatable bonds is 7. The van der Waals surface area contributed by atoms with Crippen molar-refractivity contribution in [2.24, 2.45) is 7.05 Å². The number of fused-ring (bicyclic) bond motifs is 1. The Morgan fingerprint density at radius 2 is 1.94 bits per heavy atom. The number of ether oxygens (including phenoxy) is 2. The third-order valence-corrected chi connectivity index (χ3v) is 5.14. The molecule has 0 unspecified atom stereocenters. The maximum atomic E-state index is 5.97. The molecule has 5 rings (SSSR count). The van der Waals surface area contributed by atoms with Crippen LogP contribution in [0, 0.1) is 0 Å². The van der Waals surface area contributed by atoms with Crippen molar-refractivity contribution in [1.29, 1.82) is 0 Å². The number of morpholine rings is 1. The molecule has 0 spiro atoms. The van der Waals surface area contributed by atoms with E-state index < -0.39 is 0 Å². The molecule has 0 bridgehead atoms. The van der Waals surface area contributed by atoms with Crippen LogP contribution in [-0.4, -0.2) is 62.6 Å². The topological polar surface area (TPSA) is 103 Å². The zero-order chi connectivity index (χ0) is 21.8. The largest absolute Gasteiger partial charge is 0.477 e. The van der Waals surface area contributed by atoms with Gasteiger partial charge in [0.05, 0.1) is 31.5 Å². The van der Waals surface area contributed by atoms with Gasteiger partial charge in [0.15, 0.2) is 0 Å². The third-order valence-electron chi connectivity index (χ3n) is 5.14. The number of hydrogen-bond acceptors (Lipinski definition) is 9. The molecule has 3 aromatic heterocycles. The van der Waals surface area contributed by atoms with Crippen LogP contribution in [0.25, 0.3) is 10.9 Å². The first kappa shape index (κ1) is 20.1. The lowest BCUT2D eigenvalue weighted by Gasteiger charge is -2.28. The van der Waals surface area contributed by atoms with E-state index in [2.05, 4.69) is 35.3 Å². The predicted octanol–water partition coefficient (Wildman–Crippen LogP) is 2.35. The van der Waals surface area contributed by atoms with Gasteiger partial charge in [0.2, 0.25) is 17.8 Å². The fraction of sp³-hybridized carbons (Fsp3) is 0.318. The number of para-hydroxylation sites is 1. The first-order valence-corrected chi connectivity index (χ1v) is 10.5. The average molecular weight is 432 g/mol. The smallest absolute Gasteiger partial charge is 0.234 e. The van der Waals surface area contributed by atoms with Gasteiger partial charge in [-0.1, -0.05) is 18.2 Å². The van der Waals surface area contributed by atoms with E-state index in [1.165, 1.54) is 0 Å². The minimum atomic E-state index is 0.389. The summed E-state index contributed by atoms with van der Waals surface area (Å²) in [6, 6.07) is 9.69. The lowest BCUT2D eigenvalue weighted by molar-refractivity contribution is 0.122. The van der Waals surface area contributed by atoms with E-state index in [0.717, 1.165) is 41.8 Å². The standard InChI is InChI=1S/C22H24N8O2/c1-29-15-16(13-24-29)6-9-32-20-12-19(30-7-10-31-11-8-30)26-22(27-20)28-21-23-14-17-4-2-3-5-18(17)25-21/h2-5,12-15H,6-11H2,1H3,(H,23,25,26,27,28). The Kier molecular flexibility index (Phi) is 5.75. The second-order valence-electron chi connectivity index (χ2n) is 7.49. The molecule has 0 atom stereocenters. The number of nitrogens with one attached hydrogen (secondary N) is 1. The van der Waals surface area contributed by atoms with Crippen LogP contribution >= 0.6 is 0 Å². The number of anilines is 3. The Morgan fingerprint density at radius 1 is 1.06 bits per heavy atom. The molecule has 1 aliphatic heterocycles. The van der Waals surface area contributed by atoms with Crippen molar-refractivity contribution < 1.29 is 9.47 Å². The van der Waals surface area contributed by atoms with E-state index in [4.69, 9.17) is 9.47 Å². The molecular weight excluding hydrogens is 408 g/mol. The molecule has 0 amide bonds. The van der Waals surface area contributed by atoms with Gasteiger partial charge in [-0.3, -0.25) is 10.00 Å². The molecule has 1 aromatic carbocycles. The van der Waals surface area contributed by atoms with Crippen LogP contribution < -0.4 is 15.0 Å². The van der Waals surface area contributed by atoms with Gasteiger partial charge < -0.3 is 14.4 Å². The van der Waals surface area contributed by atoms with Crippen molar-refractivity contribution in [2.45, 2.75) is 6.42 Å². The minimum Gasteiger partial charge on any atom is -0.477 e. The lowest BCUT2D eigenvalue weighted by atomic mass is 10.2. The third kappa shape index (κ3) is 4.75. The van der Waals surface area contributed by atoms with E-state index >= 15 is 0 Å². The van der Waals surface area contributed by atoms with Gasteiger partial charge in [-0.2, -0.15) is 15.1 Å². The summed E-state index contributed by atoms with van der Waals surface area (Å²) in [6.45, 7) is 3.34. The van der Waals surface area contributed by atoms with E-state index in [1.54, 1.807) is 10.9 Å². The van der Waals surface area contributed by atoms with Crippen LogP contribution in [-0.2, 0) is 18.2 Å². The summed E-state index contributed by atoms with van der Waals surface area (Å²) in [7, 11) is 1.90. The van der Waals surface area contributed by atoms with Gasteiger partial charge in [0.25, 0.3) is 0 Å². The fourth-order valence-corrected chi connectivity index (χ4v) is 3.50. The molecule has 32 heavy (non-hydrogen) atoms. The van der Waals surface area contributed by atoms with Crippen LogP contribution in [0.15, 0.2) is 48.9 Å². The highest BCUT2D eigenvalue weighted by Crippen LogP contribution is 2.23. The normalized spacial score (nSPS) is 14.0. The second kappa shape index (κ2) is 9.15. The van der Waals surface area contributed by atoms with Crippen molar-refractivity contribution in [2.75, 3.05) is 43.1 Å². The van der Waals surface area contributed by atoms with Crippen molar-refractivity contribution >= 4 is 28.6 Å². The molecule has 10 heteroatoms. The average Bonchev–Trinajstić information content (AvgIpc) is 3.24. The number of nitrogens with zero attached hydrogens (tertiary/aromatic N) is 7. The molecule has 1 aliphatic rings. The van der Waals surface area contributed by atoms with Crippen LogP contribution in [0.5, 0.6) is 5.88 Å². The van der Waals surface area contributed by atoms with E-state index in [0.29, 0.717) is 37.6 Å². The van der Waals surface area contributed by atoms with E-state index in [9.17, 15) is 0 Å². The summed E-state index contributed by atoms with van der Waals surface area (Å²) >= 11 is 0. The van der Waals surface area contributed by atoms with Gasteiger partial charge in [-0.05, 0) is 11.6 Å². The lowest BCUT2D eigenvalue weighted by Crippen LogP contribution is -2.36. The Balaban J connectivity index is 1.37. The van der Waals surface area contributed by atoms with Crippen LogP contribution in [0.2, 0.25) is 0 Å². The zero-order valence-electron chi connectivity index (χ0n) is 17.8. The summed E-state index contributed by atoms with van der Waals surface area (Å²) in [6.07, 6.45) is 6.34. The van der Waals surface area contributed by atoms with Crippen LogP contribution in [0.1, 0.15) is 5.56 Å². The second-order valence-corrected chi connectivity index (χ2v) is 7.49. The van der Waals surface area contributed by atoms with Gasteiger partial charge >= 0.3 is 0 Å². The molecular formula is C22H24N8O2. The number of aromatic nitrogens is 6. The highest BCUT2D eigenvalue weighted by molar-refractivity contribution is 5.78.